The zero-order valence-corrected chi connectivity index (χ0v) is 10.2. The average molecular weight is 228 g/mol. The molecule has 0 aromatic heterocycles. The van der Waals surface area contributed by atoms with Gasteiger partial charge in [-0.25, -0.2) is 0 Å². The minimum Gasteiger partial charge on any atom is -0.469 e. The Morgan fingerprint density at radius 2 is 2.12 bits per heavy atom. The molecule has 5 nitrogen and oxygen atoms in total. The quantitative estimate of drug-likeness (QED) is 0.691. The Morgan fingerprint density at radius 1 is 1.44 bits per heavy atom. The standard InChI is InChI=1S/C11H20N2O3/c1-8(11(15)16-3)9(2)13-6-4-10(14)12-5-7-13/h8-9H,4-7H2,1-3H3,(H,12,14). The predicted molar refractivity (Wildman–Crippen MR) is 59.8 cm³/mol. The van der Waals surface area contributed by atoms with E-state index in [-0.39, 0.29) is 23.8 Å². The van der Waals surface area contributed by atoms with Gasteiger partial charge in [-0.15, -0.1) is 0 Å². The number of carbonyl (C=O) groups is 2. The highest BCUT2D eigenvalue weighted by Crippen LogP contribution is 2.13. The van der Waals surface area contributed by atoms with Gasteiger partial charge < -0.3 is 10.1 Å². The molecule has 0 radical (unpaired) electrons. The molecule has 0 aliphatic carbocycles. The summed E-state index contributed by atoms with van der Waals surface area (Å²) in [6, 6.07) is 0.0974. The van der Waals surface area contributed by atoms with Gasteiger partial charge >= 0.3 is 5.97 Å². The Labute approximate surface area is 96.1 Å². The fraction of sp³-hybridized carbons (Fsp3) is 0.818. The Morgan fingerprint density at radius 3 is 2.75 bits per heavy atom. The molecule has 1 rings (SSSR count). The normalized spacial score (nSPS) is 21.8. The van der Waals surface area contributed by atoms with Gasteiger partial charge in [0.25, 0.3) is 0 Å². The molecule has 1 amide bonds. The van der Waals surface area contributed by atoms with Crippen LogP contribution in [0.2, 0.25) is 0 Å². The zero-order chi connectivity index (χ0) is 12.1. The van der Waals surface area contributed by atoms with Gasteiger partial charge in [-0.2, -0.15) is 0 Å². The minimum absolute atomic E-state index is 0.0837. The van der Waals surface area contributed by atoms with Crippen molar-refractivity contribution in [2.45, 2.75) is 26.3 Å². The molecule has 5 heteroatoms. The fourth-order valence-corrected chi connectivity index (χ4v) is 1.89. The van der Waals surface area contributed by atoms with E-state index in [0.717, 1.165) is 6.54 Å². The van der Waals surface area contributed by atoms with Gasteiger partial charge in [0.2, 0.25) is 5.91 Å². The van der Waals surface area contributed by atoms with Crippen molar-refractivity contribution in [1.82, 2.24) is 10.2 Å². The first kappa shape index (κ1) is 13.0. The van der Waals surface area contributed by atoms with E-state index in [1.807, 2.05) is 13.8 Å². The Balaban J connectivity index is 2.55. The smallest absolute Gasteiger partial charge is 0.309 e. The van der Waals surface area contributed by atoms with Gasteiger partial charge in [0.15, 0.2) is 0 Å². The van der Waals surface area contributed by atoms with Crippen LogP contribution in [0.4, 0.5) is 0 Å². The monoisotopic (exact) mass is 228 g/mol. The summed E-state index contributed by atoms with van der Waals surface area (Å²) in [5.74, 6) is -0.283. The Kier molecular flexibility index (Phi) is 4.73. The number of methoxy groups -OCH3 is 1. The number of nitrogens with one attached hydrogen (secondary N) is 1. The van der Waals surface area contributed by atoms with Crippen LogP contribution in [-0.2, 0) is 14.3 Å². The zero-order valence-electron chi connectivity index (χ0n) is 10.2. The van der Waals surface area contributed by atoms with Crippen molar-refractivity contribution in [3.63, 3.8) is 0 Å². The van der Waals surface area contributed by atoms with Crippen LogP contribution in [0.5, 0.6) is 0 Å². The van der Waals surface area contributed by atoms with Crippen LogP contribution in [0.1, 0.15) is 20.3 Å². The van der Waals surface area contributed by atoms with Crippen LogP contribution in [0, 0.1) is 5.92 Å². The first-order chi connectivity index (χ1) is 7.56. The van der Waals surface area contributed by atoms with Crippen molar-refractivity contribution in [2.75, 3.05) is 26.7 Å². The number of hydrogen-bond donors (Lipinski definition) is 1. The molecule has 2 unspecified atom stereocenters. The molecule has 0 aromatic rings. The van der Waals surface area contributed by atoms with Crippen molar-refractivity contribution in [3.8, 4) is 0 Å². The summed E-state index contributed by atoms with van der Waals surface area (Å²) in [5.41, 5.74) is 0. The molecule has 1 heterocycles. The fourth-order valence-electron chi connectivity index (χ4n) is 1.89. The summed E-state index contributed by atoms with van der Waals surface area (Å²) in [6.07, 6.45) is 0.498. The number of ether oxygens (including phenoxy) is 1. The molecular weight excluding hydrogens is 208 g/mol. The molecule has 1 aliphatic heterocycles. The molecule has 1 aliphatic rings. The lowest BCUT2D eigenvalue weighted by Gasteiger charge is -2.30. The van der Waals surface area contributed by atoms with Crippen LogP contribution in [-0.4, -0.2) is 49.6 Å². The van der Waals surface area contributed by atoms with Crippen molar-refractivity contribution in [2.24, 2.45) is 5.92 Å². The van der Waals surface area contributed by atoms with E-state index in [0.29, 0.717) is 19.5 Å². The van der Waals surface area contributed by atoms with E-state index in [1.54, 1.807) is 0 Å². The number of rotatable bonds is 3. The number of carbonyl (C=O) groups excluding carboxylic acids is 2. The summed E-state index contributed by atoms with van der Waals surface area (Å²) in [5, 5.41) is 2.81. The van der Waals surface area contributed by atoms with Gasteiger partial charge in [-0.1, -0.05) is 6.92 Å². The van der Waals surface area contributed by atoms with Gasteiger partial charge in [-0.3, -0.25) is 14.5 Å². The molecule has 1 fully saturated rings. The molecule has 0 aromatic carbocycles. The predicted octanol–water partition coefficient (Wildman–Crippen LogP) is 0.00590. The van der Waals surface area contributed by atoms with Crippen molar-refractivity contribution in [1.29, 1.82) is 0 Å². The molecule has 1 saturated heterocycles. The molecule has 16 heavy (non-hydrogen) atoms. The second-order valence-electron chi connectivity index (χ2n) is 4.19. The second kappa shape index (κ2) is 5.84. The molecule has 0 bridgehead atoms. The van der Waals surface area contributed by atoms with E-state index in [4.69, 9.17) is 4.74 Å². The van der Waals surface area contributed by atoms with Crippen LogP contribution in [0.25, 0.3) is 0 Å². The highest BCUT2D eigenvalue weighted by molar-refractivity contribution is 5.76. The molecule has 2 atom stereocenters. The van der Waals surface area contributed by atoms with Gasteiger partial charge in [0, 0.05) is 32.1 Å². The lowest BCUT2D eigenvalue weighted by Crippen LogP contribution is -2.42. The lowest BCUT2D eigenvalue weighted by molar-refractivity contribution is -0.147. The molecular formula is C11H20N2O3. The van der Waals surface area contributed by atoms with E-state index < -0.39 is 0 Å². The Bertz CT molecular complexity index is 268. The summed E-state index contributed by atoms with van der Waals surface area (Å²) < 4.78 is 4.73. The van der Waals surface area contributed by atoms with Crippen molar-refractivity contribution >= 4 is 11.9 Å². The largest absolute Gasteiger partial charge is 0.469 e. The topological polar surface area (TPSA) is 58.6 Å². The third-order valence-corrected chi connectivity index (χ3v) is 3.22. The number of esters is 1. The maximum atomic E-state index is 11.4. The lowest BCUT2D eigenvalue weighted by atomic mass is 10.0. The third kappa shape index (κ3) is 3.20. The van der Waals surface area contributed by atoms with Crippen LogP contribution in [0.3, 0.4) is 0 Å². The minimum atomic E-state index is -0.198. The number of amides is 1. The summed E-state index contributed by atoms with van der Waals surface area (Å²) >= 11 is 0. The summed E-state index contributed by atoms with van der Waals surface area (Å²) in [4.78, 5) is 24.7. The Hall–Kier alpha value is -1.10. The summed E-state index contributed by atoms with van der Waals surface area (Å²) in [6.45, 7) is 5.99. The highest BCUT2D eigenvalue weighted by Gasteiger charge is 2.27. The molecule has 0 spiro atoms. The highest BCUT2D eigenvalue weighted by atomic mass is 16.5. The maximum Gasteiger partial charge on any atom is 0.309 e. The van der Waals surface area contributed by atoms with Gasteiger partial charge in [-0.05, 0) is 6.92 Å². The van der Waals surface area contributed by atoms with Gasteiger partial charge in [0.1, 0.15) is 0 Å². The molecule has 0 saturated carbocycles. The van der Waals surface area contributed by atoms with E-state index in [1.165, 1.54) is 7.11 Å². The van der Waals surface area contributed by atoms with E-state index in [9.17, 15) is 9.59 Å². The molecule has 92 valence electrons. The SMILES string of the molecule is COC(=O)C(C)C(C)N1CCNC(=O)CC1. The van der Waals surface area contributed by atoms with Crippen molar-refractivity contribution in [3.05, 3.63) is 0 Å². The van der Waals surface area contributed by atoms with E-state index >= 15 is 0 Å². The van der Waals surface area contributed by atoms with Gasteiger partial charge in [0.05, 0.1) is 13.0 Å². The van der Waals surface area contributed by atoms with Crippen LogP contribution < -0.4 is 5.32 Å². The average Bonchev–Trinajstić information content (AvgIpc) is 2.51. The third-order valence-electron chi connectivity index (χ3n) is 3.22. The first-order valence-electron chi connectivity index (χ1n) is 5.65. The van der Waals surface area contributed by atoms with Crippen molar-refractivity contribution < 1.29 is 14.3 Å². The number of nitrogens with zero attached hydrogens (tertiary/aromatic N) is 1. The number of hydrogen-bond acceptors (Lipinski definition) is 4. The van der Waals surface area contributed by atoms with E-state index in [2.05, 4.69) is 10.2 Å². The van der Waals surface area contributed by atoms with Crippen LogP contribution in [0.15, 0.2) is 0 Å². The first-order valence-corrected chi connectivity index (χ1v) is 5.65. The second-order valence-corrected chi connectivity index (χ2v) is 4.19. The molecule has 1 N–H and O–H groups in total. The maximum absolute atomic E-state index is 11.4. The van der Waals surface area contributed by atoms with Crippen LogP contribution >= 0.6 is 0 Å². The summed E-state index contributed by atoms with van der Waals surface area (Å²) in [7, 11) is 1.40.